The van der Waals surface area contributed by atoms with Gasteiger partial charge in [0.1, 0.15) is 11.5 Å². The largest absolute Gasteiger partial charge is 0.507 e. The van der Waals surface area contributed by atoms with Gasteiger partial charge in [-0.05, 0) is 74.1 Å². The maximum absolute atomic E-state index is 11.3. The number of phenols is 2. The minimum Gasteiger partial charge on any atom is -0.507 e. The lowest BCUT2D eigenvalue weighted by atomic mass is 9.69. The van der Waals surface area contributed by atoms with Crippen LogP contribution < -0.4 is 0 Å². The Balaban J connectivity index is 2.01. The van der Waals surface area contributed by atoms with Crippen LogP contribution in [-0.4, -0.2) is 10.2 Å². The summed E-state index contributed by atoms with van der Waals surface area (Å²) in [5.41, 5.74) is 8.91. The first-order valence-corrected chi connectivity index (χ1v) is 11.7. The fraction of sp³-hybridized carbons (Fsp3) is 0.379. The second-order valence-corrected chi connectivity index (χ2v) is 9.11. The average molecular weight is 415 g/mol. The third-order valence-corrected chi connectivity index (χ3v) is 6.98. The van der Waals surface area contributed by atoms with Crippen LogP contribution in [0.3, 0.4) is 0 Å². The Morgan fingerprint density at radius 1 is 0.839 bits per heavy atom. The zero-order chi connectivity index (χ0) is 22.1. The summed E-state index contributed by atoms with van der Waals surface area (Å²) in [5.74, 6) is 0.914. The molecule has 3 aromatic rings. The predicted molar refractivity (Wildman–Crippen MR) is 128 cm³/mol. The van der Waals surface area contributed by atoms with Gasteiger partial charge in [0.05, 0.1) is 0 Å². The standard InChI is InChI=1S/C29H34O2/c1-5-20-14-18(3)16-25(28(20)30)27(26-17-19(4)15-21(6-2)29(26)31)24-13-9-11-22-10-7-8-12-23(22)24/h7-8,10,12,14-17,24,27,30-31H,5-6,9,11,13H2,1-4H3. The van der Waals surface area contributed by atoms with Crippen LogP contribution >= 0.6 is 0 Å². The van der Waals surface area contributed by atoms with Crippen LogP contribution in [0.15, 0.2) is 48.5 Å². The number of phenolic OH excluding ortho intramolecular Hbond substituents is 2. The molecule has 31 heavy (non-hydrogen) atoms. The molecule has 0 fully saturated rings. The van der Waals surface area contributed by atoms with E-state index in [4.69, 9.17) is 0 Å². The summed E-state index contributed by atoms with van der Waals surface area (Å²) in [6, 6.07) is 17.1. The fourth-order valence-corrected chi connectivity index (χ4v) is 5.52. The third-order valence-electron chi connectivity index (χ3n) is 6.98. The number of benzene rings is 3. The Kier molecular flexibility index (Phi) is 6.09. The maximum atomic E-state index is 11.3. The highest BCUT2D eigenvalue weighted by atomic mass is 16.3. The van der Waals surface area contributed by atoms with Crippen molar-refractivity contribution in [3.63, 3.8) is 0 Å². The first-order chi connectivity index (χ1) is 14.9. The molecule has 2 heteroatoms. The molecule has 0 heterocycles. The summed E-state index contributed by atoms with van der Waals surface area (Å²) in [6.07, 6.45) is 4.84. The molecule has 0 radical (unpaired) electrons. The second kappa shape index (κ2) is 8.78. The highest BCUT2D eigenvalue weighted by Gasteiger charge is 2.34. The minimum absolute atomic E-state index is 0.0863. The molecular formula is C29H34O2. The summed E-state index contributed by atoms with van der Waals surface area (Å²) in [4.78, 5) is 0. The highest BCUT2D eigenvalue weighted by Crippen LogP contribution is 2.50. The van der Waals surface area contributed by atoms with Gasteiger partial charge in [-0.2, -0.15) is 0 Å². The number of fused-ring (bicyclic) bond motifs is 1. The molecule has 1 atom stereocenters. The SMILES string of the molecule is CCc1cc(C)cc(C(c2cc(C)cc(CC)c2O)C2CCCc3ccccc32)c1O. The molecule has 0 saturated heterocycles. The molecule has 1 aliphatic rings. The number of rotatable bonds is 5. The minimum atomic E-state index is -0.0863. The normalized spacial score (nSPS) is 15.8. The van der Waals surface area contributed by atoms with E-state index >= 15 is 0 Å². The lowest BCUT2D eigenvalue weighted by Gasteiger charge is -2.35. The third kappa shape index (κ3) is 3.96. The second-order valence-electron chi connectivity index (χ2n) is 9.11. The summed E-state index contributed by atoms with van der Waals surface area (Å²) in [6.45, 7) is 8.37. The molecular weight excluding hydrogens is 380 g/mol. The van der Waals surface area contributed by atoms with Crippen molar-refractivity contribution >= 4 is 0 Å². The number of hydrogen-bond donors (Lipinski definition) is 2. The molecule has 0 amide bonds. The zero-order valence-corrected chi connectivity index (χ0v) is 19.2. The van der Waals surface area contributed by atoms with Crippen molar-refractivity contribution in [1.29, 1.82) is 0 Å². The summed E-state index contributed by atoms with van der Waals surface area (Å²) in [7, 11) is 0. The van der Waals surface area contributed by atoms with E-state index in [9.17, 15) is 10.2 Å². The maximum Gasteiger partial charge on any atom is 0.122 e. The van der Waals surface area contributed by atoms with Crippen LogP contribution in [-0.2, 0) is 19.3 Å². The quantitative estimate of drug-likeness (QED) is 0.468. The first-order valence-electron chi connectivity index (χ1n) is 11.7. The molecule has 3 aromatic carbocycles. The van der Waals surface area contributed by atoms with Crippen molar-refractivity contribution in [2.45, 2.75) is 71.6 Å². The van der Waals surface area contributed by atoms with Crippen LogP contribution in [0, 0.1) is 13.8 Å². The smallest absolute Gasteiger partial charge is 0.122 e. The van der Waals surface area contributed by atoms with Crippen LogP contribution in [0.1, 0.15) is 83.0 Å². The van der Waals surface area contributed by atoms with Gasteiger partial charge in [0.2, 0.25) is 0 Å². The molecule has 2 nitrogen and oxygen atoms in total. The van der Waals surface area contributed by atoms with Crippen molar-refractivity contribution < 1.29 is 10.2 Å². The number of hydrogen-bond acceptors (Lipinski definition) is 2. The molecule has 162 valence electrons. The van der Waals surface area contributed by atoms with Gasteiger partial charge in [0.25, 0.3) is 0 Å². The van der Waals surface area contributed by atoms with Crippen LogP contribution in [0.4, 0.5) is 0 Å². The van der Waals surface area contributed by atoms with Gasteiger partial charge >= 0.3 is 0 Å². The van der Waals surface area contributed by atoms with Gasteiger partial charge in [0, 0.05) is 17.0 Å². The van der Waals surface area contributed by atoms with Crippen molar-refractivity contribution in [3.05, 3.63) is 93.0 Å². The van der Waals surface area contributed by atoms with Crippen molar-refractivity contribution in [2.24, 2.45) is 0 Å². The van der Waals surface area contributed by atoms with E-state index in [2.05, 4.69) is 76.2 Å². The molecule has 0 aromatic heterocycles. The Bertz CT molecular complexity index is 1040. The van der Waals surface area contributed by atoms with E-state index in [-0.39, 0.29) is 11.8 Å². The van der Waals surface area contributed by atoms with Crippen molar-refractivity contribution in [2.75, 3.05) is 0 Å². The highest BCUT2D eigenvalue weighted by molar-refractivity contribution is 5.56. The number of aryl methyl sites for hydroxylation is 5. The molecule has 0 saturated carbocycles. The van der Waals surface area contributed by atoms with Gasteiger partial charge in [-0.25, -0.2) is 0 Å². The van der Waals surface area contributed by atoms with Gasteiger partial charge in [-0.15, -0.1) is 0 Å². The van der Waals surface area contributed by atoms with Gasteiger partial charge in [0.15, 0.2) is 0 Å². The molecule has 2 N–H and O–H groups in total. The Morgan fingerprint density at radius 2 is 1.39 bits per heavy atom. The zero-order valence-electron chi connectivity index (χ0n) is 19.2. The van der Waals surface area contributed by atoms with E-state index in [1.54, 1.807) is 0 Å². The predicted octanol–water partition coefficient (Wildman–Crippen LogP) is 7.09. The monoisotopic (exact) mass is 414 g/mol. The summed E-state index contributed by atoms with van der Waals surface area (Å²) >= 11 is 0. The van der Waals surface area contributed by atoms with E-state index < -0.39 is 0 Å². The number of aromatic hydroxyl groups is 2. The summed E-state index contributed by atoms with van der Waals surface area (Å²) in [5, 5.41) is 22.7. The molecule has 4 rings (SSSR count). The molecule has 0 bridgehead atoms. The van der Waals surface area contributed by atoms with Crippen LogP contribution in [0.5, 0.6) is 11.5 Å². The molecule has 1 unspecified atom stereocenters. The Hall–Kier alpha value is -2.74. The van der Waals surface area contributed by atoms with Crippen LogP contribution in [0.25, 0.3) is 0 Å². The summed E-state index contributed by atoms with van der Waals surface area (Å²) < 4.78 is 0. The van der Waals surface area contributed by atoms with Crippen LogP contribution in [0.2, 0.25) is 0 Å². The van der Waals surface area contributed by atoms with E-state index in [0.29, 0.717) is 11.5 Å². The topological polar surface area (TPSA) is 40.5 Å². The van der Waals surface area contributed by atoms with Gasteiger partial charge in [-0.3, -0.25) is 0 Å². The lowest BCUT2D eigenvalue weighted by molar-refractivity contribution is 0.425. The van der Waals surface area contributed by atoms with E-state index in [1.807, 2.05) is 0 Å². The molecule has 1 aliphatic carbocycles. The Labute approximate surface area is 186 Å². The van der Waals surface area contributed by atoms with E-state index in [0.717, 1.165) is 65.5 Å². The van der Waals surface area contributed by atoms with Crippen molar-refractivity contribution in [1.82, 2.24) is 0 Å². The fourth-order valence-electron chi connectivity index (χ4n) is 5.52. The molecule has 0 spiro atoms. The van der Waals surface area contributed by atoms with Gasteiger partial charge in [-0.1, -0.05) is 73.5 Å². The first kappa shape index (κ1) is 21.5. The average Bonchev–Trinajstić information content (AvgIpc) is 2.78. The van der Waals surface area contributed by atoms with E-state index in [1.165, 1.54) is 11.1 Å². The van der Waals surface area contributed by atoms with Crippen molar-refractivity contribution in [3.8, 4) is 11.5 Å². The Morgan fingerprint density at radius 3 is 1.94 bits per heavy atom. The molecule has 0 aliphatic heterocycles. The lowest BCUT2D eigenvalue weighted by Crippen LogP contribution is -2.19. The van der Waals surface area contributed by atoms with Gasteiger partial charge < -0.3 is 10.2 Å².